The van der Waals surface area contributed by atoms with Crippen molar-refractivity contribution < 1.29 is 0 Å². The first kappa shape index (κ1) is 42.8. The van der Waals surface area contributed by atoms with Crippen LogP contribution in [0.3, 0.4) is 0 Å². The topological polar surface area (TPSA) is 46.5 Å². The molecule has 0 radical (unpaired) electrons. The van der Waals surface area contributed by atoms with Gasteiger partial charge < -0.3 is 9.55 Å². The van der Waals surface area contributed by atoms with Crippen molar-refractivity contribution in [3.05, 3.63) is 184 Å². The highest BCUT2D eigenvalue weighted by molar-refractivity contribution is 6.08. The first-order chi connectivity index (χ1) is 31.6. The van der Waals surface area contributed by atoms with Crippen LogP contribution in [0.15, 0.2) is 133 Å². The summed E-state index contributed by atoms with van der Waals surface area (Å²) in [4.78, 5) is 15.6. The predicted molar refractivity (Wildman–Crippen MR) is 274 cm³/mol. The fourth-order valence-electron chi connectivity index (χ4n) is 9.77. The SMILES string of the molecule is CCCCc1c2nc(c(CCCC)c3c(-c4ccccc4)c(-c4ccccc4)c(c(CCCC)c4nc(c(CCCC)c5ccc1[nH]5)C=C4c1ccccc1)n3-c1ccccc1)C=C2. The number of fused-ring (bicyclic) bond motifs is 8. The van der Waals surface area contributed by atoms with E-state index in [9.17, 15) is 0 Å². The standard InChI is InChI=1S/C60H62N4/c1-5-9-33-46-51-37-38-53(61-51)47(34-10-6-2)55-41-50(42-25-17-13-18-26-42)58(63-55)49(36-12-8-4)60-57(44-29-21-15-22-30-44)56(43-27-19-14-20-28-43)59(64(60)45-31-23-16-24-32-45)48(35-11-7-3)54-40-39-52(46)62-54/h13-32,37-41,61H,5-12,33-36H2,1-4H3. The normalized spacial score (nSPS) is 12.2. The second kappa shape index (κ2) is 19.9. The molecule has 5 heterocycles. The van der Waals surface area contributed by atoms with E-state index in [2.05, 4.69) is 189 Å². The average Bonchev–Trinajstić information content (AvgIpc) is 4.18. The molecule has 9 rings (SSSR count). The Morgan fingerprint density at radius 3 is 1.36 bits per heavy atom. The molecule has 2 aliphatic rings. The van der Waals surface area contributed by atoms with Crippen molar-refractivity contribution in [3.8, 4) is 27.9 Å². The molecule has 0 aliphatic carbocycles. The Balaban J connectivity index is 1.64. The van der Waals surface area contributed by atoms with Gasteiger partial charge in [-0.2, -0.15) is 0 Å². The number of hydrogen-bond acceptors (Lipinski definition) is 2. The summed E-state index contributed by atoms with van der Waals surface area (Å²) < 4.78 is 2.63. The molecular formula is C60H62N4. The number of hydrogen-bond donors (Lipinski definition) is 1. The number of H-pyrrole nitrogens is 1. The molecule has 0 atom stereocenters. The summed E-state index contributed by atoms with van der Waals surface area (Å²) in [5.41, 5.74) is 22.4. The van der Waals surface area contributed by atoms with Crippen LogP contribution in [0, 0.1) is 0 Å². The molecule has 0 saturated heterocycles. The van der Waals surface area contributed by atoms with Crippen LogP contribution in [0.4, 0.5) is 0 Å². The highest BCUT2D eigenvalue weighted by Crippen LogP contribution is 2.48. The molecule has 4 aromatic carbocycles. The van der Waals surface area contributed by atoms with Gasteiger partial charge in [-0.15, -0.1) is 0 Å². The fraction of sp³-hybridized carbons (Fsp3) is 0.267. The van der Waals surface area contributed by atoms with Gasteiger partial charge in [0, 0.05) is 55.7 Å². The number of benzene rings is 4. The lowest BCUT2D eigenvalue weighted by Crippen LogP contribution is -2.03. The van der Waals surface area contributed by atoms with Crippen LogP contribution in [0.2, 0.25) is 0 Å². The van der Waals surface area contributed by atoms with Gasteiger partial charge >= 0.3 is 0 Å². The van der Waals surface area contributed by atoms with Crippen LogP contribution in [0.1, 0.15) is 130 Å². The van der Waals surface area contributed by atoms with E-state index in [4.69, 9.17) is 9.97 Å². The summed E-state index contributed by atoms with van der Waals surface area (Å²) in [5.74, 6) is 0. The van der Waals surface area contributed by atoms with Crippen LogP contribution in [0.5, 0.6) is 0 Å². The van der Waals surface area contributed by atoms with Gasteiger partial charge in [-0.1, -0.05) is 163 Å². The number of para-hydroxylation sites is 1. The van der Waals surface area contributed by atoms with Gasteiger partial charge in [0.25, 0.3) is 0 Å². The lowest BCUT2D eigenvalue weighted by Gasteiger charge is -2.16. The highest BCUT2D eigenvalue weighted by Gasteiger charge is 2.29. The lowest BCUT2D eigenvalue weighted by molar-refractivity contribution is 0.787. The van der Waals surface area contributed by atoms with Gasteiger partial charge in [0.2, 0.25) is 0 Å². The average molecular weight is 839 g/mol. The largest absolute Gasteiger partial charge is 0.355 e. The monoisotopic (exact) mass is 838 g/mol. The molecule has 4 heteroatoms. The van der Waals surface area contributed by atoms with Crippen molar-refractivity contribution in [2.45, 2.75) is 105 Å². The minimum atomic E-state index is 0.868. The molecule has 0 fully saturated rings. The molecule has 2 aliphatic heterocycles. The van der Waals surface area contributed by atoms with E-state index in [-0.39, 0.29) is 0 Å². The molecule has 8 bridgehead atoms. The van der Waals surface area contributed by atoms with E-state index in [1.807, 2.05) is 0 Å². The quantitative estimate of drug-likeness (QED) is 0.105. The summed E-state index contributed by atoms with van der Waals surface area (Å²) in [5, 5.41) is 0. The Morgan fingerprint density at radius 1 is 0.422 bits per heavy atom. The number of aromatic nitrogens is 4. The Bertz CT molecular complexity index is 2950. The summed E-state index contributed by atoms with van der Waals surface area (Å²) in [6.07, 6.45) is 19.2. The van der Waals surface area contributed by atoms with E-state index in [0.717, 1.165) is 117 Å². The van der Waals surface area contributed by atoms with E-state index >= 15 is 0 Å². The zero-order valence-electron chi connectivity index (χ0n) is 38.3. The Morgan fingerprint density at radius 2 is 0.844 bits per heavy atom. The van der Waals surface area contributed by atoms with E-state index in [1.165, 1.54) is 66.7 Å². The van der Waals surface area contributed by atoms with Gasteiger partial charge in [-0.25, -0.2) is 9.97 Å². The zero-order chi connectivity index (χ0) is 43.8. The molecule has 7 aromatic rings. The number of aryl methyl sites for hydroxylation is 4. The van der Waals surface area contributed by atoms with Crippen molar-refractivity contribution in [3.63, 3.8) is 0 Å². The molecular weight excluding hydrogens is 777 g/mol. The van der Waals surface area contributed by atoms with Gasteiger partial charge in [-0.05, 0) is 111 Å². The summed E-state index contributed by atoms with van der Waals surface area (Å²) in [6.45, 7) is 9.19. The first-order valence-corrected chi connectivity index (χ1v) is 24.1. The van der Waals surface area contributed by atoms with Crippen molar-refractivity contribution in [2.24, 2.45) is 0 Å². The highest BCUT2D eigenvalue weighted by atomic mass is 15.0. The van der Waals surface area contributed by atoms with E-state index in [0.29, 0.717) is 0 Å². The third kappa shape index (κ3) is 8.46. The number of aromatic amines is 1. The second-order valence-corrected chi connectivity index (χ2v) is 17.4. The maximum Gasteiger partial charge on any atom is 0.0769 e. The summed E-state index contributed by atoms with van der Waals surface area (Å²) in [6, 6.07) is 49.0. The molecule has 64 heavy (non-hydrogen) atoms. The third-order valence-corrected chi connectivity index (χ3v) is 13.0. The van der Waals surface area contributed by atoms with Crippen LogP contribution >= 0.6 is 0 Å². The smallest absolute Gasteiger partial charge is 0.0769 e. The molecule has 0 unspecified atom stereocenters. The molecule has 1 N–H and O–H groups in total. The Kier molecular flexibility index (Phi) is 13.3. The predicted octanol–water partition coefficient (Wildman–Crippen LogP) is 16.2. The van der Waals surface area contributed by atoms with Crippen molar-refractivity contribution in [2.75, 3.05) is 0 Å². The Hall–Kier alpha value is -6.52. The second-order valence-electron chi connectivity index (χ2n) is 17.4. The number of nitrogens with one attached hydrogen (secondary N) is 1. The molecule has 0 spiro atoms. The minimum absolute atomic E-state index is 0.868. The summed E-state index contributed by atoms with van der Waals surface area (Å²) in [7, 11) is 0. The minimum Gasteiger partial charge on any atom is -0.355 e. The Labute approximate surface area is 380 Å². The number of rotatable bonds is 16. The first-order valence-electron chi connectivity index (χ1n) is 24.1. The maximum absolute atomic E-state index is 5.94. The van der Waals surface area contributed by atoms with E-state index < -0.39 is 0 Å². The number of unbranched alkanes of at least 4 members (excludes halogenated alkanes) is 4. The molecule has 3 aromatic heterocycles. The fourth-order valence-corrected chi connectivity index (χ4v) is 9.77. The van der Waals surface area contributed by atoms with Gasteiger partial charge in [0.05, 0.1) is 33.8 Å². The third-order valence-electron chi connectivity index (χ3n) is 13.0. The van der Waals surface area contributed by atoms with E-state index in [1.54, 1.807) is 0 Å². The molecule has 4 nitrogen and oxygen atoms in total. The molecule has 0 amide bonds. The van der Waals surface area contributed by atoms with Gasteiger partial charge in [0.1, 0.15) is 0 Å². The van der Waals surface area contributed by atoms with Crippen LogP contribution in [0.25, 0.3) is 73.8 Å². The van der Waals surface area contributed by atoms with Crippen LogP contribution < -0.4 is 0 Å². The van der Waals surface area contributed by atoms with Crippen molar-refractivity contribution in [1.29, 1.82) is 0 Å². The number of nitrogens with zero attached hydrogens (tertiary/aromatic N) is 3. The van der Waals surface area contributed by atoms with Gasteiger partial charge in [-0.3, -0.25) is 0 Å². The van der Waals surface area contributed by atoms with Crippen molar-refractivity contribution >= 4 is 45.9 Å². The van der Waals surface area contributed by atoms with Crippen LogP contribution in [-0.4, -0.2) is 19.5 Å². The molecule has 322 valence electrons. The zero-order valence-corrected chi connectivity index (χ0v) is 38.3. The molecule has 0 saturated carbocycles. The van der Waals surface area contributed by atoms with Crippen LogP contribution in [-0.2, 0) is 25.7 Å². The van der Waals surface area contributed by atoms with Gasteiger partial charge in [0.15, 0.2) is 0 Å². The van der Waals surface area contributed by atoms with Crippen molar-refractivity contribution in [1.82, 2.24) is 19.5 Å². The summed E-state index contributed by atoms with van der Waals surface area (Å²) >= 11 is 0. The maximum atomic E-state index is 5.94. The lowest BCUT2D eigenvalue weighted by atomic mass is 9.91.